The molecule has 0 aliphatic rings. The lowest BCUT2D eigenvalue weighted by atomic mass is 10.1. The molecule has 0 spiro atoms. The van der Waals surface area contributed by atoms with Gasteiger partial charge < -0.3 is 14.8 Å². The van der Waals surface area contributed by atoms with Crippen LogP contribution in [0.4, 0.5) is 4.79 Å². The third kappa shape index (κ3) is 3.65. The lowest BCUT2D eigenvalue weighted by molar-refractivity contribution is 0.176. The highest BCUT2D eigenvalue weighted by molar-refractivity contribution is 6.08. The monoisotopic (exact) mass is 399 g/mol. The maximum absolute atomic E-state index is 12.9. The number of nitrogens with zero attached hydrogens (tertiary/aromatic N) is 2. The molecule has 154 valence electrons. The smallest absolute Gasteiger partial charge is 0.318 e. The maximum Gasteiger partial charge on any atom is 0.318 e. The van der Waals surface area contributed by atoms with Gasteiger partial charge in [0.05, 0.1) is 6.04 Å². The van der Waals surface area contributed by atoms with Gasteiger partial charge in [-0.1, -0.05) is 54.6 Å². The van der Waals surface area contributed by atoms with E-state index in [1.165, 1.54) is 21.8 Å². The first-order valence-electron chi connectivity index (χ1n) is 10.7. The van der Waals surface area contributed by atoms with Crippen LogP contribution in [0.25, 0.3) is 21.8 Å². The fourth-order valence-corrected chi connectivity index (χ4v) is 4.29. The number of carbonyl (C=O) groups excluding carboxylic acids is 1. The average molecular weight is 400 g/mol. The van der Waals surface area contributed by atoms with E-state index in [9.17, 15) is 4.79 Å². The zero-order chi connectivity index (χ0) is 21.1. The van der Waals surface area contributed by atoms with Crippen LogP contribution in [0.2, 0.25) is 0 Å². The van der Waals surface area contributed by atoms with Gasteiger partial charge in [0.15, 0.2) is 0 Å². The fourth-order valence-electron chi connectivity index (χ4n) is 4.29. The highest BCUT2D eigenvalue weighted by Crippen LogP contribution is 2.31. The normalized spacial score (nSPS) is 12.2. The largest absolute Gasteiger partial charge is 0.341 e. The van der Waals surface area contributed by atoms with E-state index >= 15 is 0 Å². The van der Waals surface area contributed by atoms with Crippen molar-refractivity contribution in [3.63, 3.8) is 0 Å². The molecule has 1 aromatic heterocycles. The molecule has 30 heavy (non-hydrogen) atoms. The second kappa shape index (κ2) is 8.62. The SMILES string of the molecule is CCNC(=O)N(Cc1ccc2c(c1)c1ccccc1n2CC)C(C)c1ccccc1. The summed E-state index contributed by atoms with van der Waals surface area (Å²) in [4.78, 5) is 14.8. The fraction of sp³-hybridized carbons (Fsp3) is 0.269. The zero-order valence-electron chi connectivity index (χ0n) is 17.9. The molecular formula is C26H29N3O. The van der Waals surface area contributed by atoms with E-state index in [0.717, 1.165) is 17.7 Å². The number of hydrogen-bond acceptors (Lipinski definition) is 1. The quantitative estimate of drug-likeness (QED) is 0.417. The molecule has 4 nitrogen and oxygen atoms in total. The van der Waals surface area contributed by atoms with Crippen molar-refractivity contribution in [2.75, 3.05) is 6.54 Å². The third-order valence-electron chi connectivity index (χ3n) is 5.84. The van der Waals surface area contributed by atoms with Crippen LogP contribution in [0.3, 0.4) is 0 Å². The topological polar surface area (TPSA) is 37.3 Å². The predicted molar refractivity (Wildman–Crippen MR) is 125 cm³/mol. The minimum Gasteiger partial charge on any atom is -0.341 e. The van der Waals surface area contributed by atoms with Gasteiger partial charge in [-0.2, -0.15) is 0 Å². The number of urea groups is 1. The van der Waals surface area contributed by atoms with E-state index in [-0.39, 0.29) is 12.1 Å². The molecule has 4 heteroatoms. The van der Waals surface area contributed by atoms with E-state index in [1.807, 2.05) is 30.0 Å². The zero-order valence-corrected chi connectivity index (χ0v) is 17.9. The second-order valence-corrected chi connectivity index (χ2v) is 7.66. The van der Waals surface area contributed by atoms with Crippen molar-refractivity contribution in [2.24, 2.45) is 0 Å². The summed E-state index contributed by atoms with van der Waals surface area (Å²) in [6, 6.07) is 25.3. The van der Waals surface area contributed by atoms with E-state index in [2.05, 4.69) is 78.3 Å². The highest BCUT2D eigenvalue weighted by atomic mass is 16.2. The number of rotatable bonds is 6. The first-order chi connectivity index (χ1) is 14.6. The molecule has 1 heterocycles. The van der Waals surface area contributed by atoms with Gasteiger partial charge in [-0.3, -0.25) is 0 Å². The molecule has 0 fully saturated rings. The van der Waals surface area contributed by atoms with Crippen molar-refractivity contribution >= 4 is 27.8 Å². The summed E-state index contributed by atoms with van der Waals surface area (Å²) < 4.78 is 2.35. The Balaban J connectivity index is 1.74. The molecule has 4 rings (SSSR count). The molecule has 0 aliphatic heterocycles. The predicted octanol–water partition coefficient (Wildman–Crippen LogP) is 6.11. The minimum atomic E-state index is -0.0371. The number of aromatic nitrogens is 1. The lowest BCUT2D eigenvalue weighted by Gasteiger charge is -2.30. The molecule has 0 saturated heterocycles. The molecule has 4 aromatic rings. The van der Waals surface area contributed by atoms with E-state index in [0.29, 0.717) is 13.1 Å². The molecule has 0 bridgehead atoms. The van der Waals surface area contributed by atoms with Crippen molar-refractivity contribution in [2.45, 2.75) is 39.9 Å². The Bertz CT molecular complexity index is 1160. The molecule has 0 aliphatic carbocycles. The number of fused-ring (bicyclic) bond motifs is 3. The number of aryl methyl sites for hydroxylation is 1. The van der Waals surface area contributed by atoms with Crippen LogP contribution in [-0.4, -0.2) is 22.0 Å². The average Bonchev–Trinajstić information content (AvgIpc) is 3.10. The van der Waals surface area contributed by atoms with E-state index < -0.39 is 0 Å². The Morgan fingerprint density at radius 3 is 2.37 bits per heavy atom. The van der Waals surface area contributed by atoms with Crippen molar-refractivity contribution in [3.8, 4) is 0 Å². The minimum absolute atomic E-state index is 0.0227. The standard InChI is InChI=1S/C26H29N3O/c1-4-27-26(30)29(19(3)21-11-7-6-8-12-21)18-20-15-16-25-23(17-20)22-13-9-10-14-24(22)28(25)5-2/h6-17,19H,4-5,18H2,1-3H3,(H,27,30). The number of benzene rings is 3. The van der Waals surface area contributed by atoms with Gasteiger partial charge in [-0.15, -0.1) is 0 Å². The maximum atomic E-state index is 12.9. The van der Waals surface area contributed by atoms with Gasteiger partial charge in [-0.25, -0.2) is 4.79 Å². The number of carbonyl (C=O) groups is 1. The first-order valence-corrected chi connectivity index (χ1v) is 10.7. The molecule has 0 saturated carbocycles. The van der Waals surface area contributed by atoms with Crippen LogP contribution in [0, 0.1) is 0 Å². The van der Waals surface area contributed by atoms with Crippen molar-refractivity contribution in [1.82, 2.24) is 14.8 Å². The van der Waals surface area contributed by atoms with Gasteiger partial charge in [0.1, 0.15) is 0 Å². The third-order valence-corrected chi connectivity index (χ3v) is 5.84. The molecule has 1 unspecified atom stereocenters. The van der Waals surface area contributed by atoms with Crippen LogP contribution in [0.1, 0.15) is 37.9 Å². The molecule has 3 aromatic carbocycles. The van der Waals surface area contributed by atoms with Crippen molar-refractivity contribution in [3.05, 3.63) is 83.9 Å². The van der Waals surface area contributed by atoms with Gasteiger partial charge in [0.25, 0.3) is 0 Å². The number of para-hydroxylation sites is 1. The molecular weight excluding hydrogens is 370 g/mol. The van der Waals surface area contributed by atoms with Crippen LogP contribution in [0.5, 0.6) is 0 Å². The Morgan fingerprint density at radius 2 is 1.63 bits per heavy atom. The highest BCUT2D eigenvalue weighted by Gasteiger charge is 2.22. The van der Waals surface area contributed by atoms with Crippen LogP contribution in [-0.2, 0) is 13.1 Å². The van der Waals surface area contributed by atoms with Gasteiger partial charge in [-0.05, 0) is 50.1 Å². The van der Waals surface area contributed by atoms with Crippen LogP contribution < -0.4 is 5.32 Å². The molecule has 1 N–H and O–H groups in total. The Kier molecular flexibility index (Phi) is 5.75. The van der Waals surface area contributed by atoms with Crippen molar-refractivity contribution in [1.29, 1.82) is 0 Å². The Labute approximate surface area is 178 Å². The first kappa shape index (κ1) is 20.0. The summed E-state index contributed by atoms with van der Waals surface area (Å²) in [7, 11) is 0. The molecule has 0 radical (unpaired) electrons. The van der Waals surface area contributed by atoms with Gasteiger partial charge in [0, 0.05) is 41.4 Å². The number of nitrogens with one attached hydrogen (secondary N) is 1. The van der Waals surface area contributed by atoms with Gasteiger partial charge in [0.2, 0.25) is 0 Å². The summed E-state index contributed by atoms with van der Waals surface area (Å²) >= 11 is 0. The van der Waals surface area contributed by atoms with Crippen LogP contribution >= 0.6 is 0 Å². The van der Waals surface area contributed by atoms with Gasteiger partial charge >= 0.3 is 6.03 Å². The number of amides is 2. The van der Waals surface area contributed by atoms with Crippen molar-refractivity contribution < 1.29 is 4.79 Å². The Hall–Kier alpha value is -3.27. The van der Waals surface area contributed by atoms with Crippen LogP contribution in [0.15, 0.2) is 72.8 Å². The summed E-state index contributed by atoms with van der Waals surface area (Å²) in [5.41, 5.74) is 4.76. The second-order valence-electron chi connectivity index (χ2n) is 7.66. The summed E-state index contributed by atoms with van der Waals surface area (Å²) in [5.74, 6) is 0. The Morgan fingerprint density at radius 1 is 0.933 bits per heavy atom. The molecule has 2 amide bonds. The summed E-state index contributed by atoms with van der Waals surface area (Å²) in [5, 5.41) is 5.48. The van der Waals surface area contributed by atoms with E-state index in [1.54, 1.807) is 0 Å². The lowest BCUT2D eigenvalue weighted by Crippen LogP contribution is -2.40. The number of hydrogen-bond donors (Lipinski definition) is 1. The summed E-state index contributed by atoms with van der Waals surface area (Å²) in [6.45, 7) is 8.32. The van der Waals surface area contributed by atoms with E-state index in [4.69, 9.17) is 0 Å². The molecule has 1 atom stereocenters. The summed E-state index contributed by atoms with van der Waals surface area (Å²) in [6.07, 6.45) is 0.